The monoisotopic (exact) mass is 290 g/mol. The molecule has 0 aliphatic carbocycles. The second-order valence-corrected chi connectivity index (χ2v) is 6.06. The highest BCUT2D eigenvalue weighted by Crippen LogP contribution is 2.29. The Kier molecular flexibility index (Phi) is 2.75. The summed E-state index contributed by atoms with van der Waals surface area (Å²) in [5, 5.41) is 7.97. The lowest BCUT2D eigenvalue weighted by atomic mass is 9.95. The highest BCUT2D eigenvalue weighted by molar-refractivity contribution is 6.35. The van der Waals surface area contributed by atoms with E-state index in [4.69, 9.17) is 16.0 Å². The van der Waals surface area contributed by atoms with Gasteiger partial charge < -0.3 is 15.1 Å². The number of benzene rings is 1. The summed E-state index contributed by atoms with van der Waals surface area (Å²) in [5.74, 6) is -0.0384. The van der Waals surface area contributed by atoms with Gasteiger partial charge in [-0.05, 0) is 37.5 Å². The van der Waals surface area contributed by atoms with Crippen molar-refractivity contribution in [2.45, 2.75) is 37.4 Å². The predicted molar refractivity (Wildman–Crippen MR) is 77.0 cm³/mol. The van der Waals surface area contributed by atoms with E-state index in [0.717, 1.165) is 18.2 Å². The van der Waals surface area contributed by atoms with Gasteiger partial charge in [0, 0.05) is 29.1 Å². The first-order valence-corrected chi connectivity index (χ1v) is 7.32. The number of hydrogen-bond acceptors (Lipinski definition) is 3. The van der Waals surface area contributed by atoms with Crippen LogP contribution in [0.15, 0.2) is 28.9 Å². The lowest BCUT2D eigenvalue weighted by molar-refractivity contribution is 0.0931. The molecule has 0 radical (unpaired) electrons. The van der Waals surface area contributed by atoms with Crippen LogP contribution in [0.25, 0.3) is 11.0 Å². The predicted octanol–water partition coefficient (Wildman–Crippen LogP) is 2.71. The van der Waals surface area contributed by atoms with E-state index in [1.807, 2.05) is 0 Å². The fraction of sp³-hybridized carbons (Fsp3) is 0.400. The van der Waals surface area contributed by atoms with E-state index in [1.54, 1.807) is 18.2 Å². The molecule has 2 bridgehead atoms. The molecule has 1 aromatic heterocycles. The van der Waals surface area contributed by atoms with Crippen LogP contribution in [0.5, 0.6) is 0 Å². The molecule has 1 aromatic carbocycles. The average Bonchev–Trinajstić information content (AvgIpc) is 3.15. The molecule has 2 saturated heterocycles. The first kappa shape index (κ1) is 12.2. The van der Waals surface area contributed by atoms with Gasteiger partial charge in [0.25, 0.3) is 5.91 Å². The quantitative estimate of drug-likeness (QED) is 0.894. The van der Waals surface area contributed by atoms with Gasteiger partial charge in [0.1, 0.15) is 11.8 Å². The molecule has 2 N–H and O–H groups in total. The molecule has 2 aliphatic heterocycles. The van der Waals surface area contributed by atoms with E-state index in [0.29, 0.717) is 28.3 Å². The van der Waals surface area contributed by atoms with Gasteiger partial charge in [0.15, 0.2) is 0 Å². The van der Waals surface area contributed by atoms with Crippen molar-refractivity contribution >= 4 is 28.5 Å². The Morgan fingerprint density at radius 2 is 2.30 bits per heavy atom. The Bertz CT molecular complexity index is 682. The normalized spacial score (nSPS) is 28.1. The molecule has 20 heavy (non-hydrogen) atoms. The Morgan fingerprint density at radius 1 is 1.40 bits per heavy atom. The van der Waals surface area contributed by atoms with Crippen LogP contribution in [0, 0.1) is 0 Å². The molecule has 2 aromatic rings. The van der Waals surface area contributed by atoms with Crippen molar-refractivity contribution < 1.29 is 9.21 Å². The van der Waals surface area contributed by atoms with E-state index in [2.05, 4.69) is 10.6 Å². The lowest BCUT2D eigenvalue weighted by Crippen LogP contribution is -2.42. The zero-order chi connectivity index (χ0) is 13.7. The van der Waals surface area contributed by atoms with Gasteiger partial charge in [0.05, 0.1) is 5.02 Å². The summed E-state index contributed by atoms with van der Waals surface area (Å²) < 4.78 is 5.28. The van der Waals surface area contributed by atoms with Gasteiger partial charge in [-0.15, -0.1) is 0 Å². The molecule has 3 heterocycles. The molecule has 0 unspecified atom stereocenters. The summed E-state index contributed by atoms with van der Waals surface area (Å²) in [6.07, 6.45) is 4.91. The number of fused-ring (bicyclic) bond motifs is 3. The topological polar surface area (TPSA) is 54.3 Å². The minimum Gasteiger partial charge on any atom is -0.463 e. The van der Waals surface area contributed by atoms with Crippen LogP contribution < -0.4 is 10.6 Å². The van der Waals surface area contributed by atoms with Crippen LogP contribution in [0.3, 0.4) is 0 Å². The third-order valence-electron chi connectivity index (χ3n) is 4.40. The summed E-state index contributed by atoms with van der Waals surface area (Å²) in [4.78, 5) is 12.3. The van der Waals surface area contributed by atoms with Crippen molar-refractivity contribution in [3.8, 4) is 0 Å². The Balaban J connectivity index is 1.56. The Morgan fingerprint density at radius 3 is 3.05 bits per heavy atom. The number of furan rings is 1. The van der Waals surface area contributed by atoms with Crippen molar-refractivity contribution in [3.05, 3.63) is 35.0 Å². The highest BCUT2D eigenvalue weighted by atomic mass is 35.5. The van der Waals surface area contributed by atoms with Crippen LogP contribution >= 0.6 is 11.6 Å². The number of halogens is 1. The smallest absolute Gasteiger partial charge is 0.251 e. The molecule has 2 aliphatic rings. The molecule has 2 fully saturated rings. The van der Waals surface area contributed by atoms with Crippen molar-refractivity contribution in [1.82, 2.24) is 10.6 Å². The summed E-state index contributed by atoms with van der Waals surface area (Å²) in [6, 6.07) is 6.61. The van der Waals surface area contributed by atoms with Gasteiger partial charge in [0.2, 0.25) is 0 Å². The summed E-state index contributed by atoms with van der Waals surface area (Å²) in [5.41, 5.74) is 1.33. The number of carbonyl (C=O) groups excluding carboxylic acids is 1. The lowest BCUT2D eigenvalue weighted by Gasteiger charge is -2.21. The zero-order valence-corrected chi connectivity index (χ0v) is 11.6. The largest absolute Gasteiger partial charge is 0.463 e. The number of rotatable bonds is 2. The van der Waals surface area contributed by atoms with E-state index in [9.17, 15) is 4.79 Å². The maximum Gasteiger partial charge on any atom is 0.251 e. The third-order valence-corrected chi connectivity index (χ3v) is 4.70. The molecular formula is C15H15ClN2O2. The first-order valence-electron chi connectivity index (χ1n) is 6.94. The van der Waals surface area contributed by atoms with Crippen LogP contribution in [0.1, 0.15) is 29.6 Å². The van der Waals surface area contributed by atoms with Crippen LogP contribution in [0.2, 0.25) is 5.02 Å². The van der Waals surface area contributed by atoms with Crippen LogP contribution in [0.4, 0.5) is 0 Å². The van der Waals surface area contributed by atoms with Gasteiger partial charge in [-0.3, -0.25) is 4.79 Å². The molecule has 4 nitrogen and oxygen atoms in total. The maximum absolute atomic E-state index is 12.3. The number of amides is 1. The van der Waals surface area contributed by atoms with E-state index < -0.39 is 0 Å². The average molecular weight is 291 g/mol. The summed E-state index contributed by atoms with van der Waals surface area (Å²) in [6.45, 7) is 0. The minimum atomic E-state index is -0.0384. The summed E-state index contributed by atoms with van der Waals surface area (Å²) >= 11 is 6.04. The molecular weight excluding hydrogens is 276 g/mol. The number of carbonyl (C=O) groups is 1. The second-order valence-electron chi connectivity index (χ2n) is 5.66. The van der Waals surface area contributed by atoms with E-state index >= 15 is 0 Å². The van der Waals surface area contributed by atoms with Gasteiger partial charge >= 0.3 is 0 Å². The van der Waals surface area contributed by atoms with Crippen molar-refractivity contribution in [2.75, 3.05) is 0 Å². The molecule has 3 atom stereocenters. The molecule has 5 heteroatoms. The van der Waals surface area contributed by atoms with Gasteiger partial charge in [-0.1, -0.05) is 11.6 Å². The maximum atomic E-state index is 12.3. The number of hydrogen-bond donors (Lipinski definition) is 2. The molecule has 0 spiro atoms. The molecule has 1 amide bonds. The molecule has 104 valence electrons. The highest BCUT2D eigenvalue weighted by Gasteiger charge is 2.39. The zero-order valence-electron chi connectivity index (χ0n) is 10.9. The fourth-order valence-corrected chi connectivity index (χ4v) is 3.57. The molecule has 0 saturated carbocycles. The Labute approximate surface area is 121 Å². The minimum absolute atomic E-state index is 0.0384. The SMILES string of the molecule is O=C(N[C@@H]1C[C@H]2CC[C@@H]1N2)c1ccc2occ(Cl)c2c1. The summed E-state index contributed by atoms with van der Waals surface area (Å²) in [7, 11) is 0. The van der Waals surface area contributed by atoms with Crippen molar-refractivity contribution in [1.29, 1.82) is 0 Å². The molecule has 4 rings (SSSR count). The standard InChI is InChI=1S/C15H15ClN2O2/c16-11-7-20-14-4-1-8(5-10(11)14)15(19)18-13-6-9-2-3-12(13)17-9/h1,4-5,7,9,12-13,17H,2-3,6H2,(H,18,19)/t9-,12+,13-/m1/s1. The second kappa shape index (κ2) is 4.50. The van der Waals surface area contributed by atoms with E-state index in [1.165, 1.54) is 12.7 Å². The van der Waals surface area contributed by atoms with Crippen LogP contribution in [-0.2, 0) is 0 Å². The van der Waals surface area contributed by atoms with Crippen molar-refractivity contribution in [3.63, 3.8) is 0 Å². The fourth-order valence-electron chi connectivity index (χ4n) is 3.37. The first-order chi connectivity index (χ1) is 9.70. The van der Waals surface area contributed by atoms with Crippen molar-refractivity contribution in [2.24, 2.45) is 0 Å². The van der Waals surface area contributed by atoms with Gasteiger partial charge in [-0.25, -0.2) is 0 Å². The van der Waals surface area contributed by atoms with Crippen LogP contribution in [-0.4, -0.2) is 24.0 Å². The Hall–Kier alpha value is -1.52. The number of nitrogens with one attached hydrogen (secondary N) is 2. The van der Waals surface area contributed by atoms with Gasteiger partial charge in [-0.2, -0.15) is 0 Å². The van der Waals surface area contributed by atoms with E-state index in [-0.39, 0.29) is 11.9 Å². The third kappa shape index (κ3) is 1.91.